The van der Waals surface area contributed by atoms with E-state index in [0.29, 0.717) is 6.16 Å². The fourth-order valence-electron chi connectivity index (χ4n) is 4.43. The Morgan fingerprint density at radius 3 is 1.68 bits per heavy atom. The van der Waals surface area contributed by atoms with Gasteiger partial charge < -0.3 is 4.74 Å². The summed E-state index contributed by atoms with van der Waals surface area (Å²) in [6.07, 6.45) is 0.688. The lowest BCUT2D eigenvalue weighted by atomic mass is 10.2. The standard InChI is InChI=1S/C31H25FOP/c32-30-21-10-11-22-31(30)34(28-17-6-2-7-18-28,29-19-8-3-9-20-29)24-25-13-12-16-27(23-25)33-26-14-4-1-5-15-26/h1-23H,24H2/q+1. The predicted octanol–water partition coefficient (Wildman–Crippen LogP) is 7.11. The van der Waals surface area contributed by atoms with Crippen molar-refractivity contribution in [1.29, 1.82) is 0 Å². The van der Waals surface area contributed by atoms with Gasteiger partial charge in [0.25, 0.3) is 0 Å². The van der Waals surface area contributed by atoms with E-state index in [0.717, 1.165) is 33.0 Å². The summed E-state index contributed by atoms with van der Waals surface area (Å²) in [5.41, 5.74) is 1.11. The molecule has 0 aliphatic heterocycles. The van der Waals surface area contributed by atoms with Crippen molar-refractivity contribution >= 4 is 23.2 Å². The van der Waals surface area contributed by atoms with Gasteiger partial charge >= 0.3 is 0 Å². The van der Waals surface area contributed by atoms with E-state index >= 15 is 4.39 Å². The Bertz CT molecular complexity index is 1310. The highest BCUT2D eigenvalue weighted by Gasteiger charge is 2.47. The SMILES string of the molecule is Fc1ccccc1[P+](Cc1cccc(Oc2ccccc2)c1)(c1ccccc1)c1ccccc1. The highest BCUT2D eigenvalue weighted by molar-refractivity contribution is 7.95. The summed E-state index contributed by atoms with van der Waals surface area (Å²) in [4.78, 5) is 0. The highest BCUT2D eigenvalue weighted by Crippen LogP contribution is 2.58. The van der Waals surface area contributed by atoms with E-state index in [9.17, 15) is 0 Å². The third kappa shape index (κ3) is 4.51. The molecule has 5 aromatic rings. The number of ether oxygens (including phenoxy) is 1. The molecule has 0 saturated heterocycles. The van der Waals surface area contributed by atoms with Gasteiger partial charge in [0, 0.05) is 0 Å². The predicted molar refractivity (Wildman–Crippen MR) is 142 cm³/mol. The summed E-state index contributed by atoms with van der Waals surface area (Å²) in [5.74, 6) is 1.40. The van der Waals surface area contributed by atoms with Crippen LogP contribution in [0.2, 0.25) is 0 Å². The molecule has 3 heteroatoms. The van der Waals surface area contributed by atoms with E-state index in [4.69, 9.17) is 4.74 Å². The van der Waals surface area contributed by atoms with Crippen molar-refractivity contribution in [2.45, 2.75) is 6.16 Å². The van der Waals surface area contributed by atoms with Crippen molar-refractivity contribution in [3.05, 3.63) is 151 Å². The van der Waals surface area contributed by atoms with E-state index < -0.39 is 7.26 Å². The Kier molecular flexibility index (Phi) is 6.51. The lowest BCUT2D eigenvalue weighted by Gasteiger charge is -2.28. The molecule has 34 heavy (non-hydrogen) atoms. The molecule has 0 amide bonds. The number of rotatable bonds is 7. The Balaban J connectivity index is 1.67. The molecule has 5 rings (SSSR count). The monoisotopic (exact) mass is 463 g/mol. The van der Waals surface area contributed by atoms with Gasteiger partial charge in [-0.2, -0.15) is 0 Å². The van der Waals surface area contributed by atoms with Crippen LogP contribution in [0.3, 0.4) is 0 Å². The Morgan fingerprint density at radius 2 is 1.06 bits per heavy atom. The van der Waals surface area contributed by atoms with Crippen molar-refractivity contribution < 1.29 is 9.13 Å². The van der Waals surface area contributed by atoms with Crippen molar-refractivity contribution in [2.24, 2.45) is 0 Å². The zero-order chi connectivity index (χ0) is 23.2. The molecule has 0 spiro atoms. The number of para-hydroxylation sites is 1. The van der Waals surface area contributed by atoms with Gasteiger partial charge in [0.15, 0.2) is 5.82 Å². The van der Waals surface area contributed by atoms with Gasteiger partial charge in [-0.05, 0) is 66.2 Å². The number of hydrogen-bond donors (Lipinski definition) is 0. The van der Waals surface area contributed by atoms with Gasteiger partial charge in [-0.25, -0.2) is 4.39 Å². The van der Waals surface area contributed by atoms with Crippen LogP contribution in [0.5, 0.6) is 11.5 Å². The first-order chi connectivity index (χ1) is 16.8. The van der Waals surface area contributed by atoms with Crippen LogP contribution in [0.25, 0.3) is 0 Å². The average Bonchev–Trinajstić information content (AvgIpc) is 2.90. The maximum atomic E-state index is 15.5. The van der Waals surface area contributed by atoms with Crippen LogP contribution in [-0.2, 0) is 6.16 Å². The third-order valence-corrected chi connectivity index (χ3v) is 10.3. The fraction of sp³-hybridized carbons (Fsp3) is 0.0323. The molecule has 1 nitrogen and oxygen atoms in total. The molecule has 0 bridgehead atoms. The molecular weight excluding hydrogens is 438 g/mol. The Hall–Kier alpha value is -3.74. The second-order valence-electron chi connectivity index (χ2n) is 8.15. The Labute approximate surface area is 200 Å². The summed E-state index contributed by atoms with van der Waals surface area (Å²) in [6.45, 7) is 0. The minimum atomic E-state index is -2.35. The zero-order valence-corrected chi connectivity index (χ0v) is 19.6. The molecule has 0 fully saturated rings. The van der Waals surface area contributed by atoms with Crippen molar-refractivity contribution in [3.63, 3.8) is 0 Å². The minimum absolute atomic E-state index is 0.166. The molecule has 0 unspecified atom stereocenters. The molecule has 0 aliphatic rings. The second-order valence-corrected chi connectivity index (χ2v) is 11.6. The van der Waals surface area contributed by atoms with E-state index in [1.807, 2.05) is 91.0 Å². The van der Waals surface area contributed by atoms with Gasteiger partial charge in [-0.15, -0.1) is 0 Å². The topological polar surface area (TPSA) is 9.23 Å². The van der Waals surface area contributed by atoms with E-state index in [-0.39, 0.29) is 5.82 Å². The lowest BCUT2D eigenvalue weighted by molar-refractivity contribution is 0.482. The van der Waals surface area contributed by atoms with Crippen LogP contribution in [0.15, 0.2) is 140 Å². The molecule has 0 radical (unpaired) electrons. The maximum Gasteiger partial charge on any atom is 0.166 e. The third-order valence-electron chi connectivity index (χ3n) is 5.95. The first-order valence-electron chi connectivity index (χ1n) is 11.3. The summed E-state index contributed by atoms with van der Waals surface area (Å²) >= 11 is 0. The van der Waals surface area contributed by atoms with Gasteiger partial charge in [-0.3, -0.25) is 0 Å². The Morgan fingerprint density at radius 1 is 0.529 bits per heavy atom. The fourth-order valence-corrected chi connectivity index (χ4v) is 8.70. The van der Waals surface area contributed by atoms with Crippen molar-refractivity contribution in [2.75, 3.05) is 0 Å². The summed E-state index contributed by atoms with van der Waals surface area (Å²) in [7, 11) is -2.35. The molecule has 0 aliphatic carbocycles. The van der Waals surface area contributed by atoms with Crippen molar-refractivity contribution in [3.8, 4) is 11.5 Å². The van der Waals surface area contributed by atoms with Gasteiger partial charge in [-0.1, -0.05) is 78.9 Å². The zero-order valence-electron chi connectivity index (χ0n) is 18.7. The first kappa shape index (κ1) is 22.1. The van der Waals surface area contributed by atoms with Crippen LogP contribution in [-0.4, -0.2) is 0 Å². The average molecular weight is 464 g/mol. The lowest BCUT2D eigenvalue weighted by Crippen LogP contribution is -2.34. The summed E-state index contributed by atoms with van der Waals surface area (Å²) < 4.78 is 21.6. The smallest absolute Gasteiger partial charge is 0.166 e. The molecule has 5 aromatic carbocycles. The normalized spacial score (nSPS) is 11.2. The molecule has 0 aromatic heterocycles. The van der Waals surface area contributed by atoms with Crippen molar-refractivity contribution in [1.82, 2.24) is 0 Å². The summed E-state index contributed by atoms with van der Waals surface area (Å²) in [6, 6.07) is 45.9. The molecule has 0 atom stereocenters. The van der Waals surface area contributed by atoms with Crippen LogP contribution < -0.4 is 20.7 Å². The van der Waals surface area contributed by atoms with Crippen LogP contribution >= 0.6 is 7.26 Å². The molecule has 0 heterocycles. The molecule has 166 valence electrons. The van der Waals surface area contributed by atoms with Crippen LogP contribution in [0, 0.1) is 5.82 Å². The molecule has 0 N–H and O–H groups in total. The number of hydrogen-bond acceptors (Lipinski definition) is 1. The highest BCUT2D eigenvalue weighted by atomic mass is 31.2. The van der Waals surface area contributed by atoms with Gasteiger partial charge in [0.1, 0.15) is 34.7 Å². The van der Waals surface area contributed by atoms with E-state index in [2.05, 4.69) is 36.4 Å². The van der Waals surface area contributed by atoms with Gasteiger partial charge in [0.2, 0.25) is 0 Å². The second kappa shape index (κ2) is 10.0. The molecule has 0 saturated carbocycles. The first-order valence-corrected chi connectivity index (χ1v) is 13.3. The maximum absolute atomic E-state index is 15.5. The van der Waals surface area contributed by atoms with Gasteiger partial charge in [0.05, 0.1) is 6.16 Å². The van der Waals surface area contributed by atoms with E-state index in [1.54, 1.807) is 12.1 Å². The number of halogens is 1. The largest absolute Gasteiger partial charge is 0.457 e. The number of benzene rings is 5. The summed E-state index contributed by atoms with van der Waals surface area (Å²) in [5, 5.41) is 3.07. The molecular formula is C31H25FOP+. The quantitative estimate of drug-likeness (QED) is 0.234. The van der Waals surface area contributed by atoms with E-state index in [1.165, 1.54) is 0 Å². The van der Waals surface area contributed by atoms with Crippen LogP contribution in [0.1, 0.15) is 5.56 Å². The minimum Gasteiger partial charge on any atom is -0.457 e. The van der Waals surface area contributed by atoms with Crippen LogP contribution in [0.4, 0.5) is 4.39 Å².